The molecular weight excluding hydrogens is 242 g/mol. The molecule has 0 amide bonds. The van der Waals surface area contributed by atoms with Crippen molar-refractivity contribution in [1.82, 2.24) is 0 Å². The molecule has 0 fully saturated rings. The maximum atomic E-state index is 11.8. The molecule has 0 atom stereocenters. The summed E-state index contributed by atoms with van der Waals surface area (Å²) in [5, 5.41) is 19.0. The molecule has 96 valence electrons. The lowest BCUT2D eigenvalue weighted by atomic mass is 10.1. The summed E-state index contributed by atoms with van der Waals surface area (Å²) in [4.78, 5) is 15.8. The zero-order valence-corrected chi connectivity index (χ0v) is 10.2. The Bertz CT molecular complexity index is 620. The van der Waals surface area contributed by atoms with Crippen molar-refractivity contribution in [2.24, 2.45) is 4.99 Å². The molecule has 2 aromatic rings. The van der Waals surface area contributed by atoms with Gasteiger partial charge in [-0.3, -0.25) is 9.79 Å². The second-order valence-corrected chi connectivity index (χ2v) is 3.97. The molecule has 0 aromatic heterocycles. The summed E-state index contributed by atoms with van der Waals surface area (Å²) in [6, 6.07) is 13.1. The number of rotatable bonds is 4. The van der Waals surface area contributed by atoms with Gasteiger partial charge < -0.3 is 10.2 Å². The van der Waals surface area contributed by atoms with Gasteiger partial charge in [-0.1, -0.05) is 24.3 Å². The van der Waals surface area contributed by atoms with Crippen LogP contribution in [-0.4, -0.2) is 28.8 Å². The first-order valence-electron chi connectivity index (χ1n) is 5.77. The van der Waals surface area contributed by atoms with E-state index in [4.69, 9.17) is 0 Å². The van der Waals surface area contributed by atoms with E-state index in [1.54, 1.807) is 42.5 Å². The van der Waals surface area contributed by atoms with Crippen LogP contribution in [-0.2, 0) is 0 Å². The minimum Gasteiger partial charge on any atom is -0.507 e. The summed E-state index contributed by atoms with van der Waals surface area (Å²) in [5.41, 5.74) is 0.796. The first-order valence-corrected chi connectivity index (χ1v) is 5.77. The molecule has 0 unspecified atom stereocenters. The number of nitrogens with zero attached hydrogens (tertiary/aromatic N) is 1. The van der Waals surface area contributed by atoms with Crippen molar-refractivity contribution in [3.63, 3.8) is 0 Å². The summed E-state index contributed by atoms with van der Waals surface area (Å²) in [7, 11) is 0. The van der Waals surface area contributed by atoms with Gasteiger partial charge in [0, 0.05) is 11.8 Å². The number of carbonyl (C=O) groups excluding carboxylic acids is 1. The predicted octanol–water partition coefficient (Wildman–Crippen LogP) is 2.40. The third kappa shape index (κ3) is 3.19. The molecule has 0 saturated carbocycles. The minimum atomic E-state index is -0.273. The van der Waals surface area contributed by atoms with Gasteiger partial charge in [-0.05, 0) is 24.3 Å². The Hall–Kier alpha value is -2.62. The average Bonchev–Trinajstić information content (AvgIpc) is 2.41. The first kappa shape index (κ1) is 12.8. The number of benzene rings is 2. The van der Waals surface area contributed by atoms with E-state index in [1.807, 2.05) is 0 Å². The topological polar surface area (TPSA) is 69.9 Å². The van der Waals surface area contributed by atoms with Crippen molar-refractivity contribution in [2.45, 2.75) is 0 Å². The Morgan fingerprint density at radius 2 is 1.63 bits per heavy atom. The molecule has 2 N–H and O–H groups in total. The average molecular weight is 255 g/mol. The Balaban J connectivity index is 2.06. The number of hydrogen-bond acceptors (Lipinski definition) is 4. The summed E-state index contributed by atoms with van der Waals surface area (Å²) in [5.74, 6) is -0.212. The van der Waals surface area contributed by atoms with Gasteiger partial charge in [-0.2, -0.15) is 0 Å². The molecule has 2 aromatic carbocycles. The first-order chi connectivity index (χ1) is 9.18. The fraction of sp³-hybridized carbons (Fsp3) is 0.0667. The lowest BCUT2D eigenvalue weighted by Gasteiger charge is -2.00. The van der Waals surface area contributed by atoms with E-state index in [0.29, 0.717) is 5.56 Å². The van der Waals surface area contributed by atoms with Crippen molar-refractivity contribution in [1.29, 1.82) is 0 Å². The van der Waals surface area contributed by atoms with E-state index in [0.717, 1.165) is 0 Å². The zero-order valence-electron chi connectivity index (χ0n) is 10.2. The second-order valence-electron chi connectivity index (χ2n) is 3.97. The van der Waals surface area contributed by atoms with Crippen LogP contribution in [0, 0.1) is 0 Å². The fourth-order valence-electron chi connectivity index (χ4n) is 1.62. The lowest BCUT2D eigenvalue weighted by molar-refractivity contribution is 0.0999. The lowest BCUT2D eigenvalue weighted by Crippen LogP contribution is -2.03. The summed E-state index contributed by atoms with van der Waals surface area (Å²) in [6.45, 7) is -0.0775. The maximum Gasteiger partial charge on any atom is 0.187 e. The Kier molecular flexibility index (Phi) is 3.93. The maximum absolute atomic E-state index is 11.8. The van der Waals surface area contributed by atoms with Crippen LogP contribution in [0.5, 0.6) is 11.5 Å². The largest absolute Gasteiger partial charge is 0.507 e. The van der Waals surface area contributed by atoms with Crippen LogP contribution >= 0.6 is 0 Å². The third-order valence-electron chi connectivity index (χ3n) is 2.61. The number of Topliss-reactive ketones (excluding diaryl/α,β-unsaturated/α-hetero) is 1. The molecule has 0 heterocycles. The van der Waals surface area contributed by atoms with Gasteiger partial charge in [0.2, 0.25) is 0 Å². The van der Waals surface area contributed by atoms with Gasteiger partial charge in [0.1, 0.15) is 18.0 Å². The molecule has 0 saturated heterocycles. The Morgan fingerprint density at radius 3 is 2.32 bits per heavy atom. The van der Waals surface area contributed by atoms with E-state index < -0.39 is 0 Å². The van der Waals surface area contributed by atoms with Gasteiger partial charge >= 0.3 is 0 Å². The molecule has 0 spiro atoms. The van der Waals surface area contributed by atoms with Gasteiger partial charge in [0.15, 0.2) is 5.78 Å². The second kappa shape index (κ2) is 5.82. The van der Waals surface area contributed by atoms with Gasteiger partial charge in [-0.25, -0.2) is 0 Å². The molecule has 0 aliphatic rings. The Morgan fingerprint density at radius 1 is 1.00 bits per heavy atom. The van der Waals surface area contributed by atoms with Gasteiger partial charge in [-0.15, -0.1) is 0 Å². The normalized spacial score (nSPS) is 10.7. The third-order valence-corrected chi connectivity index (χ3v) is 2.61. The molecule has 0 bridgehead atoms. The quantitative estimate of drug-likeness (QED) is 0.651. The molecular formula is C15H13NO3. The van der Waals surface area contributed by atoms with Crippen molar-refractivity contribution in [3.8, 4) is 11.5 Å². The van der Waals surface area contributed by atoms with Crippen LogP contribution in [0.15, 0.2) is 53.5 Å². The van der Waals surface area contributed by atoms with E-state index in [1.165, 1.54) is 12.3 Å². The molecule has 0 aliphatic carbocycles. The van der Waals surface area contributed by atoms with Gasteiger partial charge in [0.05, 0.1) is 5.56 Å². The van der Waals surface area contributed by atoms with Crippen LogP contribution in [0.25, 0.3) is 0 Å². The van der Waals surface area contributed by atoms with Crippen molar-refractivity contribution in [3.05, 3.63) is 59.7 Å². The summed E-state index contributed by atoms with van der Waals surface area (Å²) < 4.78 is 0. The Labute approximate surface area is 110 Å². The smallest absolute Gasteiger partial charge is 0.187 e. The standard InChI is InChI=1S/C15H13NO3/c17-13-7-3-1-5-11(13)9-16-10-15(19)12-6-2-4-8-14(12)18/h1-9,17-18H,10H2. The number of aromatic hydroxyl groups is 2. The number of carbonyl (C=O) groups is 1. The molecule has 0 aliphatic heterocycles. The van der Waals surface area contributed by atoms with E-state index >= 15 is 0 Å². The van der Waals surface area contributed by atoms with Crippen molar-refractivity contribution < 1.29 is 15.0 Å². The molecule has 19 heavy (non-hydrogen) atoms. The van der Waals surface area contributed by atoms with Crippen molar-refractivity contribution >= 4 is 12.0 Å². The molecule has 4 heteroatoms. The van der Waals surface area contributed by atoms with Crippen LogP contribution in [0.4, 0.5) is 0 Å². The van der Waals surface area contributed by atoms with E-state index in [9.17, 15) is 15.0 Å². The van der Waals surface area contributed by atoms with E-state index in [-0.39, 0.29) is 29.4 Å². The minimum absolute atomic E-state index is 0.0507. The summed E-state index contributed by atoms with van der Waals surface area (Å²) >= 11 is 0. The number of para-hydroxylation sites is 2. The highest BCUT2D eigenvalue weighted by atomic mass is 16.3. The van der Waals surface area contributed by atoms with Crippen LogP contribution in [0.1, 0.15) is 15.9 Å². The monoisotopic (exact) mass is 255 g/mol. The van der Waals surface area contributed by atoms with E-state index in [2.05, 4.69) is 4.99 Å². The van der Waals surface area contributed by atoms with Crippen LogP contribution < -0.4 is 0 Å². The fourth-order valence-corrected chi connectivity index (χ4v) is 1.62. The highest BCUT2D eigenvalue weighted by Crippen LogP contribution is 2.16. The van der Waals surface area contributed by atoms with Crippen molar-refractivity contribution in [2.75, 3.05) is 6.54 Å². The number of phenolic OH excluding ortho intramolecular Hbond substituents is 2. The molecule has 0 radical (unpaired) electrons. The summed E-state index contributed by atoms with van der Waals surface area (Å²) in [6.07, 6.45) is 1.44. The number of aliphatic imine (C=N–C) groups is 1. The highest BCUT2D eigenvalue weighted by Gasteiger charge is 2.08. The zero-order chi connectivity index (χ0) is 13.7. The number of ketones is 1. The number of phenols is 2. The van der Waals surface area contributed by atoms with Gasteiger partial charge in [0.25, 0.3) is 0 Å². The SMILES string of the molecule is O=C(CN=Cc1ccccc1O)c1ccccc1O. The highest BCUT2D eigenvalue weighted by molar-refractivity contribution is 6.01. The molecule has 2 rings (SSSR count). The van der Waals surface area contributed by atoms with Crippen LogP contribution in [0.2, 0.25) is 0 Å². The van der Waals surface area contributed by atoms with Crippen LogP contribution in [0.3, 0.4) is 0 Å². The predicted molar refractivity (Wildman–Crippen MR) is 73.0 cm³/mol. The molecule has 4 nitrogen and oxygen atoms in total. The number of hydrogen-bond donors (Lipinski definition) is 2.